The van der Waals surface area contributed by atoms with Gasteiger partial charge in [-0.15, -0.1) is 0 Å². The predicted molar refractivity (Wildman–Crippen MR) is 105 cm³/mol. The average molecular weight is 352 g/mol. The summed E-state index contributed by atoms with van der Waals surface area (Å²) in [5.41, 5.74) is 1.91. The maximum absolute atomic E-state index is 12.2. The van der Waals surface area contributed by atoms with Gasteiger partial charge in [-0.05, 0) is 30.0 Å². The van der Waals surface area contributed by atoms with Crippen molar-refractivity contribution < 1.29 is 4.79 Å². The summed E-state index contributed by atoms with van der Waals surface area (Å²) in [5, 5.41) is 6.52. The van der Waals surface area contributed by atoms with Crippen molar-refractivity contribution >= 4 is 11.7 Å². The Kier molecular flexibility index (Phi) is 6.23. The molecule has 1 aliphatic rings. The van der Waals surface area contributed by atoms with Gasteiger partial charge in [0.05, 0.1) is 5.56 Å². The Morgan fingerprint density at radius 1 is 1.27 bits per heavy atom. The number of carbonyl (C=O) groups excluding carboxylic acids is 1. The lowest BCUT2D eigenvalue weighted by molar-refractivity contribution is 0.0951. The molecule has 2 N–H and O–H groups in total. The summed E-state index contributed by atoms with van der Waals surface area (Å²) in [7, 11) is 0. The number of hydrogen-bond acceptors (Lipinski definition) is 4. The lowest BCUT2D eigenvalue weighted by Crippen LogP contribution is -2.46. The van der Waals surface area contributed by atoms with Gasteiger partial charge in [0.25, 0.3) is 5.91 Å². The zero-order chi connectivity index (χ0) is 18.4. The minimum absolute atomic E-state index is 0.0489. The van der Waals surface area contributed by atoms with Crippen LogP contribution in [0.5, 0.6) is 0 Å². The van der Waals surface area contributed by atoms with Crippen molar-refractivity contribution in [2.75, 3.05) is 31.1 Å². The second-order valence-corrected chi connectivity index (χ2v) is 7.21. The number of rotatable bonds is 6. The molecule has 1 amide bonds. The first kappa shape index (κ1) is 18.4. The molecule has 5 heteroatoms. The molecule has 0 radical (unpaired) electrons. The highest BCUT2D eigenvalue weighted by atomic mass is 16.1. The third kappa shape index (κ3) is 4.82. The topological polar surface area (TPSA) is 57.3 Å². The highest BCUT2D eigenvalue weighted by Gasteiger charge is 2.21. The number of aromatic nitrogens is 1. The Morgan fingerprint density at radius 2 is 2.08 bits per heavy atom. The van der Waals surface area contributed by atoms with Crippen LogP contribution in [-0.4, -0.2) is 37.1 Å². The fourth-order valence-corrected chi connectivity index (χ4v) is 3.15. The monoisotopic (exact) mass is 352 g/mol. The molecule has 0 spiro atoms. The summed E-state index contributed by atoms with van der Waals surface area (Å²) in [6.07, 6.45) is 2.67. The minimum atomic E-state index is -0.0489. The van der Waals surface area contributed by atoms with Gasteiger partial charge in [0.1, 0.15) is 5.82 Å². The van der Waals surface area contributed by atoms with Crippen LogP contribution >= 0.6 is 0 Å². The van der Waals surface area contributed by atoms with Gasteiger partial charge in [-0.3, -0.25) is 4.79 Å². The van der Waals surface area contributed by atoms with Crippen molar-refractivity contribution in [3.05, 3.63) is 59.8 Å². The number of carbonyl (C=O) groups is 1. The molecule has 1 saturated heterocycles. The van der Waals surface area contributed by atoms with Crippen molar-refractivity contribution in [2.24, 2.45) is 5.92 Å². The maximum Gasteiger partial charge on any atom is 0.252 e. The lowest BCUT2D eigenvalue weighted by atomic mass is 10.0. The van der Waals surface area contributed by atoms with Crippen LogP contribution in [0.2, 0.25) is 0 Å². The third-order valence-electron chi connectivity index (χ3n) is 4.72. The normalized spacial score (nSPS) is 17.3. The maximum atomic E-state index is 12.2. The molecule has 138 valence electrons. The molecule has 0 bridgehead atoms. The first-order valence-electron chi connectivity index (χ1n) is 9.41. The van der Waals surface area contributed by atoms with Crippen LogP contribution < -0.4 is 15.5 Å². The van der Waals surface area contributed by atoms with Crippen LogP contribution in [0.25, 0.3) is 0 Å². The lowest BCUT2D eigenvalue weighted by Gasteiger charge is -2.34. The van der Waals surface area contributed by atoms with Crippen LogP contribution in [0.1, 0.15) is 42.2 Å². The fourth-order valence-electron chi connectivity index (χ4n) is 3.15. The number of benzene rings is 1. The van der Waals surface area contributed by atoms with Crippen LogP contribution in [0.4, 0.5) is 5.82 Å². The van der Waals surface area contributed by atoms with Gasteiger partial charge in [0.15, 0.2) is 0 Å². The Bertz CT molecular complexity index is 700. The second-order valence-electron chi connectivity index (χ2n) is 7.21. The van der Waals surface area contributed by atoms with Crippen molar-refractivity contribution in [3.63, 3.8) is 0 Å². The van der Waals surface area contributed by atoms with E-state index in [-0.39, 0.29) is 5.91 Å². The van der Waals surface area contributed by atoms with E-state index in [0.717, 1.165) is 31.9 Å². The van der Waals surface area contributed by atoms with E-state index in [1.165, 1.54) is 5.56 Å². The Labute approximate surface area is 155 Å². The van der Waals surface area contributed by atoms with E-state index in [4.69, 9.17) is 0 Å². The number of amides is 1. The smallest absolute Gasteiger partial charge is 0.252 e. The zero-order valence-electron chi connectivity index (χ0n) is 15.6. The molecular formula is C21H28N4O. The van der Waals surface area contributed by atoms with Crippen LogP contribution in [-0.2, 0) is 0 Å². The Balaban J connectivity index is 1.60. The summed E-state index contributed by atoms with van der Waals surface area (Å²) >= 11 is 0. The second kappa shape index (κ2) is 8.81. The molecule has 26 heavy (non-hydrogen) atoms. The standard InChI is InChI=1S/C21H28N4O/c1-16(2)10-11-23-21(26)18-8-9-20(24-14-18)25-13-12-22-19(15-25)17-6-4-3-5-7-17/h3-9,14,16,19,22H,10-13,15H2,1-2H3,(H,23,26). The van der Waals surface area contributed by atoms with Crippen molar-refractivity contribution in [1.82, 2.24) is 15.6 Å². The number of hydrogen-bond donors (Lipinski definition) is 2. The number of pyridine rings is 1. The number of nitrogens with one attached hydrogen (secondary N) is 2. The molecule has 1 aliphatic heterocycles. The van der Waals surface area contributed by atoms with E-state index < -0.39 is 0 Å². The van der Waals surface area contributed by atoms with Crippen LogP contribution in [0.15, 0.2) is 48.7 Å². The molecule has 2 aromatic rings. The van der Waals surface area contributed by atoms with Crippen molar-refractivity contribution in [1.29, 1.82) is 0 Å². The summed E-state index contributed by atoms with van der Waals surface area (Å²) < 4.78 is 0. The van der Waals surface area contributed by atoms with Gasteiger partial charge in [0.2, 0.25) is 0 Å². The zero-order valence-corrected chi connectivity index (χ0v) is 15.6. The Morgan fingerprint density at radius 3 is 2.77 bits per heavy atom. The summed E-state index contributed by atoms with van der Waals surface area (Å²) in [5.74, 6) is 1.46. The van der Waals surface area contributed by atoms with E-state index >= 15 is 0 Å². The summed E-state index contributed by atoms with van der Waals surface area (Å²) in [6, 6.07) is 14.6. The van der Waals surface area contributed by atoms with Gasteiger partial charge >= 0.3 is 0 Å². The molecule has 5 nitrogen and oxygen atoms in total. The van der Waals surface area contributed by atoms with E-state index in [1.54, 1.807) is 6.20 Å². The van der Waals surface area contributed by atoms with Crippen molar-refractivity contribution in [2.45, 2.75) is 26.3 Å². The molecule has 3 rings (SSSR count). The van der Waals surface area contributed by atoms with Crippen LogP contribution in [0, 0.1) is 5.92 Å². The van der Waals surface area contributed by atoms with Gasteiger partial charge in [0, 0.05) is 38.4 Å². The van der Waals surface area contributed by atoms with Crippen molar-refractivity contribution in [3.8, 4) is 0 Å². The van der Waals surface area contributed by atoms with Gasteiger partial charge in [-0.2, -0.15) is 0 Å². The molecule has 0 aliphatic carbocycles. The van der Waals surface area contributed by atoms with Gasteiger partial charge in [-0.1, -0.05) is 44.2 Å². The number of piperazine rings is 1. The molecule has 2 heterocycles. The largest absolute Gasteiger partial charge is 0.353 e. The molecule has 0 saturated carbocycles. The summed E-state index contributed by atoms with van der Waals surface area (Å²) in [4.78, 5) is 19.0. The Hall–Kier alpha value is -2.40. The van der Waals surface area contributed by atoms with Gasteiger partial charge in [-0.25, -0.2) is 4.98 Å². The van der Waals surface area contributed by atoms with E-state index in [0.29, 0.717) is 24.1 Å². The molecule has 1 aromatic carbocycles. The summed E-state index contributed by atoms with van der Waals surface area (Å²) in [6.45, 7) is 7.71. The molecule has 1 fully saturated rings. The third-order valence-corrected chi connectivity index (χ3v) is 4.72. The van der Waals surface area contributed by atoms with E-state index in [1.807, 2.05) is 18.2 Å². The van der Waals surface area contributed by atoms with E-state index in [9.17, 15) is 4.79 Å². The van der Waals surface area contributed by atoms with Gasteiger partial charge < -0.3 is 15.5 Å². The minimum Gasteiger partial charge on any atom is -0.353 e. The molecule has 1 aromatic heterocycles. The van der Waals surface area contributed by atoms with Crippen LogP contribution in [0.3, 0.4) is 0 Å². The molecule has 1 atom stereocenters. The first-order chi connectivity index (χ1) is 12.6. The number of nitrogens with zero attached hydrogens (tertiary/aromatic N) is 2. The quantitative estimate of drug-likeness (QED) is 0.839. The highest BCUT2D eigenvalue weighted by Crippen LogP contribution is 2.21. The highest BCUT2D eigenvalue weighted by molar-refractivity contribution is 5.94. The molecular weight excluding hydrogens is 324 g/mol. The molecule has 1 unspecified atom stereocenters. The SMILES string of the molecule is CC(C)CCNC(=O)c1ccc(N2CCNC(c3ccccc3)C2)nc1. The fraction of sp³-hybridized carbons (Fsp3) is 0.429. The van der Waals surface area contributed by atoms with E-state index in [2.05, 4.69) is 58.6 Å². The average Bonchev–Trinajstić information content (AvgIpc) is 2.68. The first-order valence-corrected chi connectivity index (χ1v) is 9.41. The predicted octanol–water partition coefficient (Wildman–Crippen LogP) is 3.01. The number of anilines is 1.